The number of nitrogens with zero attached hydrogens (tertiary/aromatic N) is 1. The van der Waals surface area contributed by atoms with Crippen LogP contribution in [0.3, 0.4) is 0 Å². The molecule has 1 atom stereocenters. The normalized spacial score (nSPS) is 14.3. The molecule has 90 valence electrons. The zero-order chi connectivity index (χ0) is 11.9. The minimum absolute atomic E-state index is 0.123. The third-order valence-electron chi connectivity index (χ3n) is 3.56. The number of aldehydes is 1. The molecule has 2 nitrogen and oxygen atoms in total. The summed E-state index contributed by atoms with van der Waals surface area (Å²) in [5.74, 6) is 0.716. The Bertz CT molecular complexity index is 175. The van der Waals surface area contributed by atoms with E-state index >= 15 is 0 Å². The quantitative estimate of drug-likeness (QED) is 0.578. The third kappa shape index (κ3) is 4.78. The van der Waals surface area contributed by atoms with E-state index in [0.717, 1.165) is 32.2 Å². The van der Waals surface area contributed by atoms with E-state index < -0.39 is 0 Å². The Hall–Kier alpha value is -0.370. The second-order valence-electron chi connectivity index (χ2n) is 4.90. The summed E-state index contributed by atoms with van der Waals surface area (Å²) < 4.78 is 0. The third-order valence-corrected chi connectivity index (χ3v) is 3.56. The maximum Gasteiger partial charge on any atom is 0.127 e. The summed E-state index contributed by atoms with van der Waals surface area (Å²) in [6.07, 6.45) is 4.24. The van der Waals surface area contributed by atoms with Gasteiger partial charge in [-0.05, 0) is 25.8 Å². The zero-order valence-corrected chi connectivity index (χ0v) is 11.0. The van der Waals surface area contributed by atoms with Gasteiger partial charge in [0.25, 0.3) is 0 Å². The first kappa shape index (κ1) is 14.6. The summed E-state index contributed by atoms with van der Waals surface area (Å²) in [5, 5.41) is 0. The van der Waals surface area contributed by atoms with E-state index in [1.54, 1.807) is 0 Å². The zero-order valence-electron chi connectivity index (χ0n) is 11.0. The molecular formula is C13H27NO. The maximum atomic E-state index is 11.2. The Morgan fingerprint density at radius 1 is 1.27 bits per heavy atom. The average Bonchev–Trinajstić information content (AvgIpc) is 2.26. The Kier molecular flexibility index (Phi) is 6.82. The topological polar surface area (TPSA) is 20.3 Å². The lowest BCUT2D eigenvalue weighted by atomic mass is 9.83. The summed E-state index contributed by atoms with van der Waals surface area (Å²) in [7, 11) is 2.12. The first-order chi connectivity index (χ1) is 7.03. The smallest absolute Gasteiger partial charge is 0.127 e. The summed E-state index contributed by atoms with van der Waals surface area (Å²) in [4.78, 5) is 13.5. The summed E-state index contributed by atoms with van der Waals surface area (Å²) >= 11 is 0. The predicted molar refractivity (Wildman–Crippen MR) is 66.0 cm³/mol. The average molecular weight is 213 g/mol. The molecule has 0 radical (unpaired) electrons. The molecule has 0 saturated heterocycles. The van der Waals surface area contributed by atoms with Crippen LogP contribution in [-0.4, -0.2) is 31.3 Å². The van der Waals surface area contributed by atoms with Crippen molar-refractivity contribution >= 4 is 6.29 Å². The highest BCUT2D eigenvalue weighted by Crippen LogP contribution is 2.24. The van der Waals surface area contributed by atoms with Crippen LogP contribution in [0.4, 0.5) is 0 Å². The highest BCUT2D eigenvalue weighted by Gasteiger charge is 2.27. The van der Waals surface area contributed by atoms with Crippen molar-refractivity contribution in [3.63, 3.8) is 0 Å². The summed E-state index contributed by atoms with van der Waals surface area (Å²) in [5.41, 5.74) is -0.123. The van der Waals surface area contributed by atoms with Crippen molar-refractivity contribution in [2.45, 2.75) is 47.0 Å². The van der Waals surface area contributed by atoms with E-state index in [4.69, 9.17) is 0 Å². The van der Waals surface area contributed by atoms with Crippen LogP contribution in [0, 0.1) is 11.3 Å². The van der Waals surface area contributed by atoms with Gasteiger partial charge in [-0.25, -0.2) is 0 Å². The molecule has 0 aromatic rings. The van der Waals surface area contributed by atoms with Gasteiger partial charge in [-0.2, -0.15) is 0 Å². The predicted octanol–water partition coefficient (Wildman–Crippen LogP) is 2.97. The van der Waals surface area contributed by atoms with E-state index in [2.05, 4.69) is 39.6 Å². The molecule has 0 spiro atoms. The standard InChI is InChI=1S/C13H27NO/c1-6-12(4)9-14(5)10-13(7-2,8-3)11-15/h11-12H,6-10H2,1-5H3. The number of carbonyl (C=O) groups is 1. The van der Waals surface area contributed by atoms with Gasteiger partial charge >= 0.3 is 0 Å². The molecule has 0 amide bonds. The van der Waals surface area contributed by atoms with Gasteiger partial charge in [0.2, 0.25) is 0 Å². The van der Waals surface area contributed by atoms with Crippen LogP contribution >= 0.6 is 0 Å². The van der Waals surface area contributed by atoms with Crippen molar-refractivity contribution in [1.29, 1.82) is 0 Å². The molecule has 0 fully saturated rings. The minimum atomic E-state index is -0.123. The van der Waals surface area contributed by atoms with Crippen LogP contribution in [0.25, 0.3) is 0 Å². The summed E-state index contributed by atoms with van der Waals surface area (Å²) in [6.45, 7) is 10.7. The van der Waals surface area contributed by atoms with Crippen molar-refractivity contribution < 1.29 is 4.79 Å². The van der Waals surface area contributed by atoms with Crippen molar-refractivity contribution in [2.75, 3.05) is 20.1 Å². The molecular weight excluding hydrogens is 186 g/mol. The molecule has 0 rings (SSSR count). The minimum Gasteiger partial charge on any atom is -0.305 e. The Labute approximate surface area is 95.0 Å². The molecule has 0 N–H and O–H groups in total. The van der Waals surface area contributed by atoms with Crippen molar-refractivity contribution in [3.05, 3.63) is 0 Å². The van der Waals surface area contributed by atoms with Gasteiger partial charge in [-0.1, -0.05) is 34.1 Å². The molecule has 0 aliphatic carbocycles. The first-order valence-corrected chi connectivity index (χ1v) is 6.18. The number of hydrogen-bond acceptors (Lipinski definition) is 2. The monoisotopic (exact) mass is 213 g/mol. The number of hydrogen-bond donors (Lipinski definition) is 0. The molecule has 15 heavy (non-hydrogen) atoms. The van der Waals surface area contributed by atoms with Gasteiger partial charge < -0.3 is 9.69 Å². The van der Waals surface area contributed by atoms with Gasteiger partial charge in [0.05, 0.1) is 0 Å². The lowest BCUT2D eigenvalue weighted by Gasteiger charge is -2.31. The number of carbonyl (C=O) groups excluding carboxylic acids is 1. The van der Waals surface area contributed by atoms with Gasteiger partial charge in [0, 0.05) is 18.5 Å². The second kappa shape index (κ2) is 7.00. The molecule has 0 aliphatic rings. The Morgan fingerprint density at radius 3 is 2.13 bits per heavy atom. The van der Waals surface area contributed by atoms with Crippen LogP contribution < -0.4 is 0 Å². The highest BCUT2D eigenvalue weighted by atomic mass is 16.1. The maximum absolute atomic E-state index is 11.2. The van der Waals surface area contributed by atoms with Crippen LogP contribution in [-0.2, 0) is 4.79 Å². The van der Waals surface area contributed by atoms with Gasteiger partial charge in [0.15, 0.2) is 0 Å². The Morgan fingerprint density at radius 2 is 1.80 bits per heavy atom. The first-order valence-electron chi connectivity index (χ1n) is 6.18. The lowest BCUT2D eigenvalue weighted by Crippen LogP contribution is -2.38. The molecule has 1 unspecified atom stereocenters. The fraction of sp³-hybridized carbons (Fsp3) is 0.923. The molecule has 0 saturated carbocycles. The van der Waals surface area contributed by atoms with Crippen molar-refractivity contribution in [3.8, 4) is 0 Å². The molecule has 0 aromatic heterocycles. The number of rotatable bonds is 8. The molecule has 2 heteroatoms. The van der Waals surface area contributed by atoms with Crippen LogP contribution in [0.15, 0.2) is 0 Å². The SMILES string of the molecule is CCC(C)CN(C)CC(C=O)(CC)CC. The molecule has 0 heterocycles. The van der Waals surface area contributed by atoms with E-state index in [0.29, 0.717) is 5.92 Å². The van der Waals surface area contributed by atoms with E-state index in [-0.39, 0.29) is 5.41 Å². The van der Waals surface area contributed by atoms with E-state index in [1.165, 1.54) is 6.42 Å². The fourth-order valence-corrected chi connectivity index (χ4v) is 1.94. The second-order valence-corrected chi connectivity index (χ2v) is 4.90. The lowest BCUT2D eigenvalue weighted by molar-refractivity contribution is -0.117. The van der Waals surface area contributed by atoms with Crippen LogP contribution in [0.2, 0.25) is 0 Å². The van der Waals surface area contributed by atoms with Crippen LogP contribution in [0.1, 0.15) is 47.0 Å². The van der Waals surface area contributed by atoms with Crippen molar-refractivity contribution in [1.82, 2.24) is 4.90 Å². The van der Waals surface area contributed by atoms with Gasteiger partial charge in [-0.3, -0.25) is 0 Å². The van der Waals surface area contributed by atoms with E-state index in [9.17, 15) is 4.79 Å². The largest absolute Gasteiger partial charge is 0.305 e. The molecule has 0 bridgehead atoms. The van der Waals surface area contributed by atoms with Gasteiger partial charge in [-0.15, -0.1) is 0 Å². The van der Waals surface area contributed by atoms with Crippen LogP contribution in [0.5, 0.6) is 0 Å². The van der Waals surface area contributed by atoms with E-state index in [1.807, 2.05) is 0 Å². The molecule has 0 aromatic carbocycles. The highest BCUT2D eigenvalue weighted by molar-refractivity contribution is 5.59. The van der Waals surface area contributed by atoms with Crippen molar-refractivity contribution in [2.24, 2.45) is 11.3 Å². The molecule has 0 aliphatic heterocycles. The Balaban J connectivity index is 4.22. The summed E-state index contributed by atoms with van der Waals surface area (Å²) in [6, 6.07) is 0. The fourth-order valence-electron chi connectivity index (χ4n) is 1.94. The van der Waals surface area contributed by atoms with Gasteiger partial charge in [0.1, 0.15) is 6.29 Å².